The van der Waals surface area contributed by atoms with Crippen LogP contribution in [0.5, 0.6) is 0 Å². The molecular formula is C12H11F2NO3. The van der Waals surface area contributed by atoms with Crippen LogP contribution in [0.4, 0.5) is 14.5 Å². The molecule has 1 N–H and O–H groups in total. The van der Waals surface area contributed by atoms with Gasteiger partial charge in [0.25, 0.3) is 11.7 Å². The van der Waals surface area contributed by atoms with Gasteiger partial charge in [0.15, 0.2) is 0 Å². The maximum atomic E-state index is 13.6. The van der Waals surface area contributed by atoms with Gasteiger partial charge in [-0.3, -0.25) is 9.59 Å². The molecule has 0 saturated carbocycles. The van der Waals surface area contributed by atoms with Crippen molar-refractivity contribution in [2.24, 2.45) is 5.92 Å². The summed E-state index contributed by atoms with van der Waals surface area (Å²) in [4.78, 5) is 24.2. The quantitative estimate of drug-likeness (QED) is 0.823. The number of benzene rings is 1. The highest BCUT2D eigenvalue weighted by Crippen LogP contribution is 2.34. The lowest BCUT2D eigenvalue weighted by molar-refractivity contribution is -0.114. The standard InChI is InChI=1S/C12H11F2NO3/c1-6(5-16)4-15-10-8(14)3-2-7(13)9(10)11(17)12(15)18/h2-3,6,16H,4-5H2,1H3. The molecule has 0 bridgehead atoms. The lowest BCUT2D eigenvalue weighted by Crippen LogP contribution is -2.35. The van der Waals surface area contributed by atoms with Crippen molar-refractivity contribution in [3.63, 3.8) is 0 Å². The highest BCUT2D eigenvalue weighted by atomic mass is 19.1. The van der Waals surface area contributed by atoms with E-state index < -0.39 is 28.9 Å². The van der Waals surface area contributed by atoms with Crippen molar-refractivity contribution >= 4 is 17.4 Å². The van der Waals surface area contributed by atoms with Gasteiger partial charge in [-0.05, 0) is 18.1 Å². The van der Waals surface area contributed by atoms with Gasteiger partial charge in [0, 0.05) is 13.2 Å². The molecule has 1 atom stereocenters. The summed E-state index contributed by atoms with van der Waals surface area (Å²) >= 11 is 0. The number of hydrogen-bond donors (Lipinski definition) is 1. The number of anilines is 1. The Morgan fingerprint density at radius 1 is 1.28 bits per heavy atom. The van der Waals surface area contributed by atoms with Crippen molar-refractivity contribution in [3.8, 4) is 0 Å². The fourth-order valence-electron chi connectivity index (χ4n) is 1.90. The van der Waals surface area contributed by atoms with Gasteiger partial charge in [-0.15, -0.1) is 0 Å². The van der Waals surface area contributed by atoms with Crippen molar-refractivity contribution < 1.29 is 23.5 Å². The zero-order valence-electron chi connectivity index (χ0n) is 9.61. The Balaban J connectivity index is 2.51. The van der Waals surface area contributed by atoms with E-state index in [0.717, 1.165) is 17.0 Å². The van der Waals surface area contributed by atoms with E-state index in [1.807, 2.05) is 0 Å². The molecule has 2 rings (SSSR count). The summed E-state index contributed by atoms with van der Waals surface area (Å²) in [6, 6.07) is 1.69. The van der Waals surface area contributed by atoms with E-state index in [0.29, 0.717) is 0 Å². The fraction of sp³-hybridized carbons (Fsp3) is 0.333. The predicted octanol–water partition coefficient (Wildman–Crippen LogP) is 1.12. The van der Waals surface area contributed by atoms with E-state index in [1.165, 1.54) is 0 Å². The molecule has 1 heterocycles. The number of Topliss-reactive ketones (excluding diaryl/α,β-unsaturated/α-hetero) is 1. The van der Waals surface area contributed by atoms with Crippen molar-refractivity contribution in [1.82, 2.24) is 0 Å². The van der Waals surface area contributed by atoms with Crippen LogP contribution >= 0.6 is 0 Å². The number of fused-ring (bicyclic) bond motifs is 1. The monoisotopic (exact) mass is 255 g/mol. The molecule has 18 heavy (non-hydrogen) atoms. The van der Waals surface area contributed by atoms with Crippen molar-refractivity contribution in [2.75, 3.05) is 18.1 Å². The SMILES string of the molecule is CC(CO)CN1C(=O)C(=O)c2c(F)ccc(F)c21. The number of hydrogen-bond acceptors (Lipinski definition) is 3. The largest absolute Gasteiger partial charge is 0.396 e. The number of nitrogens with zero attached hydrogens (tertiary/aromatic N) is 1. The predicted molar refractivity (Wildman–Crippen MR) is 59.3 cm³/mol. The maximum Gasteiger partial charge on any atom is 0.299 e. The first-order valence-electron chi connectivity index (χ1n) is 5.42. The summed E-state index contributed by atoms with van der Waals surface area (Å²) in [5, 5.41) is 8.93. The Bertz CT molecular complexity index is 530. The lowest BCUT2D eigenvalue weighted by Gasteiger charge is -2.20. The number of carbonyl (C=O) groups excluding carboxylic acids is 2. The van der Waals surface area contributed by atoms with E-state index in [9.17, 15) is 18.4 Å². The molecule has 1 aliphatic rings. The van der Waals surface area contributed by atoms with Gasteiger partial charge in [0.05, 0.1) is 11.3 Å². The molecule has 1 amide bonds. The van der Waals surface area contributed by atoms with Crippen LogP contribution < -0.4 is 4.90 Å². The summed E-state index contributed by atoms with van der Waals surface area (Å²) in [6.07, 6.45) is 0. The minimum atomic E-state index is -1.05. The van der Waals surface area contributed by atoms with Crippen LogP contribution in [0, 0.1) is 17.6 Å². The lowest BCUT2D eigenvalue weighted by atomic mass is 10.1. The van der Waals surface area contributed by atoms with Crippen molar-refractivity contribution in [3.05, 3.63) is 29.3 Å². The number of ketones is 1. The Labute approximate surface area is 102 Å². The Kier molecular flexibility index (Phi) is 3.13. The van der Waals surface area contributed by atoms with E-state index >= 15 is 0 Å². The fourth-order valence-corrected chi connectivity index (χ4v) is 1.90. The third kappa shape index (κ3) is 1.78. The second-order valence-corrected chi connectivity index (χ2v) is 4.29. The molecule has 1 unspecified atom stereocenters. The van der Waals surface area contributed by atoms with E-state index in [1.54, 1.807) is 6.92 Å². The molecular weight excluding hydrogens is 244 g/mol. The Hall–Kier alpha value is -1.82. The Morgan fingerprint density at radius 3 is 2.50 bits per heavy atom. The Morgan fingerprint density at radius 2 is 1.89 bits per heavy atom. The summed E-state index contributed by atoms with van der Waals surface area (Å²) < 4.78 is 27.1. The normalized spacial score (nSPS) is 16.1. The summed E-state index contributed by atoms with van der Waals surface area (Å²) in [6.45, 7) is 1.38. The van der Waals surface area contributed by atoms with Crippen LogP contribution in [-0.2, 0) is 4.79 Å². The van der Waals surface area contributed by atoms with Crippen molar-refractivity contribution in [1.29, 1.82) is 0 Å². The molecule has 1 aromatic rings. The minimum Gasteiger partial charge on any atom is -0.396 e. The molecule has 1 aliphatic heterocycles. The van der Waals surface area contributed by atoms with Crippen LogP contribution in [0.3, 0.4) is 0 Å². The molecule has 0 aromatic heterocycles. The first kappa shape index (κ1) is 12.6. The van der Waals surface area contributed by atoms with Crippen LogP contribution in [0.2, 0.25) is 0 Å². The molecule has 0 aliphatic carbocycles. The van der Waals surface area contributed by atoms with E-state index in [2.05, 4.69) is 0 Å². The van der Waals surface area contributed by atoms with Crippen LogP contribution in [0.1, 0.15) is 17.3 Å². The highest BCUT2D eigenvalue weighted by Gasteiger charge is 2.40. The topological polar surface area (TPSA) is 57.6 Å². The third-order valence-corrected chi connectivity index (χ3v) is 2.82. The first-order chi connectivity index (χ1) is 8.47. The van der Waals surface area contributed by atoms with Crippen LogP contribution in [-0.4, -0.2) is 29.9 Å². The zero-order chi connectivity index (χ0) is 13.4. The third-order valence-electron chi connectivity index (χ3n) is 2.82. The molecule has 4 nitrogen and oxygen atoms in total. The average molecular weight is 255 g/mol. The summed E-state index contributed by atoms with van der Waals surface area (Å²) in [7, 11) is 0. The number of amides is 1. The van der Waals surface area contributed by atoms with Crippen molar-refractivity contribution in [2.45, 2.75) is 6.92 Å². The minimum absolute atomic E-state index is 0.0333. The molecule has 6 heteroatoms. The van der Waals surface area contributed by atoms with Gasteiger partial charge >= 0.3 is 0 Å². The van der Waals surface area contributed by atoms with Crippen LogP contribution in [0.25, 0.3) is 0 Å². The molecule has 96 valence electrons. The molecule has 0 spiro atoms. The molecule has 0 saturated heterocycles. The number of aliphatic hydroxyl groups is 1. The van der Waals surface area contributed by atoms with Gasteiger partial charge < -0.3 is 10.0 Å². The van der Waals surface area contributed by atoms with E-state index in [4.69, 9.17) is 5.11 Å². The molecule has 1 aromatic carbocycles. The van der Waals surface area contributed by atoms with Gasteiger partial charge in [-0.25, -0.2) is 8.78 Å². The number of halogens is 2. The number of aliphatic hydroxyl groups excluding tert-OH is 1. The smallest absolute Gasteiger partial charge is 0.299 e. The highest BCUT2D eigenvalue weighted by molar-refractivity contribution is 6.52. The van der Waals surface area contributed by atoms with E-state index in [-0.39, 0.29) is 24.8 Å². The second kappa shape index (κ2) is 4.45. The second-order valence-electron chi connectivity index (χ2n) is 4.29. The first-order valence-corrected chi connectivity index (χ1v) is 5.42. The maximum absolute atomic E-state index is 13.6. The average Bonchev–Trinajstić information content (AvgIpc) is 2.60. The molecule has 0 radical (unpaired) electrons. The zero-order valence-corrected chi connectivity index (χ0v) is 9.61. The van der Waals surface area contributed by atoms with Crippen LogP contribution in [0.15, 0.2) is 12.1 Å². The number of carbonyl (C=O) groups is 2. The summed E-state index contributed by atoms with van der Waals surface area (Å²) in [5.41, 5.74) is -0.851. The summed E-state index contributed by atoms with van der Waals surface area (Å²) in [5.74, 6) is -4.09. The van der Waals surface area contributed by atoms with Gasteiger partial charge in [0.2, 0.25) is 0 Å². The van der Waals surface area contributed by atoms with Gasteiger partial charge in [-0.1, -0.05) is 6.92 Å². The van der Waals surface area contributed by atoms with Gasteiger partial charge in [0.1, 0.15) is 11.6 Å². The molecule has 0 fully saturated rings. The van der Waals surface area contributed by atoms with Gasteiger partial charge in [-0.2, -0.15) is 0 Å². The number of rotatable bonds is 3.